The normalized spacial score (nSPS) is 21.7. The van der Waals surface area contributed by atoms with E-state index in [1.54, 1.807) is 11.3 Å². The van der Waals surface area contributed by atoms with Crippen LogP contribution in [0, 0.1) is 19.3 Å². The first-order valence-corrected chi connectivity index (χ1v) is 8.41. The molecule has 21 heavy (non-hydrogen) atoms. The van der Waals surface area contributed by atoms with Gasteiger partial charge in [-0.25, -0.2) is 4.98 Å². The van der Waals surface area contributed by atoms with Crippen molar-refractivity contribution in [3.8, 4) is 0 Å². The average Bonchev–Trinajstić information content (AvgIpc) is 2.68. The van der Waals surface area contributed by atoms with E-state index in [2.05, 4.69) is 22.9 Å². The van der Waals surface area contributed by atoms with Crippen LogP contribution in [-0.4, -0.2) is 34.0 Å². The fraction of sp³-hybridized carbons (Fsp3) is 0.625. The van der Waals surface area contributed by atoms with Crippen molar-refractivity contribution in [2.24, 2.45) is 5.41 Å². The van der Waals surface area contributed by atoms with Crippen molar-refractivity contribution in [3.63, 3.8) is 0 Å². The maximum absolute atomic E-state index is 11.6. The molecule has 0 bridgehead atoms. The molecule has 1 aromatic heterocycles. The van der Waals surface area contributed by atoms with Gasteiger partial charge in [0.1, 0.15) is 0 Å². The molecule has 2 aliphatic rings. The third-order valence-electron chi connectivity index (χ3n) is 4.90. The first-order valence-electron chi connectivity index (χ1n) is 7.59. The smallest absolute Gasteiger partial charge is 0.313 e. The predicted octanol–water partition coefficient (Wildman–Crippen LogP) is 3.15. The first kappa shape index (κ1) is 14.7. The summed E-state index contributed by atoms with van der Waals surface area (Å²) in [5.74, 6) is -0.626. The molecule has 0 saturated heterocycles. The van der Waals surface area contributed by atoms with Gasteiger partial charge >= 0.3 is 5.97 Å². The quantitative estimate of drug-likeness (QED) is 0.868. The highest BCUT2D eigenvalue weighted by Crippen LogP contribution is 2.49. The zero-order valence-electron chi connectivity index (χ0n) is 12.7. The van der Waals surface area contributed by atoms with Gasteiger partial charge in [-0.05, 0) is 33.1 Å². The number of aliphatic carboxylic acids is 1. The Morgan fingerprint density at radius 1 is 1.48 bits per heavy atom. The number of aromatic nitrogens is 1. The van der Waals surface area contributed by atoms with Gasteiger partial charge in [0.05, 0.1) is 16.1 Å². The molecule has 4 nitrogen and oxygen atoms in total. The second-order valence-electron chi connectivity index (χ2n) is 6.19. The molecule has 3 rings (SSSR count). The summed E-state index contributed by atoms with van der Waals surface area (Å²) in [6, 6.07) is 0. The van der Waals surface area contributed by atoms with Crippen LogP contribution in [0.5, 0.6) is 0 Å². The molecule has 5 heteroatoms. The van der Waals surface area contributed by atoms with E-state index >= 15 is 0 Å². The van der Waals surface area contributed by atoms with Crippen molar-refractivity contribution in [1.82, 2.24) is 9.88 Å². The van der Waals surface area contributed by atoms with Gasteiger partial charge in [0.25, 0.3) is 0 Å². The highest BCUT2D eigenvalue weighted by atomic mass is 32.1. The SMILES string of the molecule is Cc1nc(CN2CC=C(C3(C(=O)O)CCC3)CC2)c(C)s1. The van der Waals surface area contributed by atoms with E-state index in [-0.39, 0.29) is 0 Å². The van der Waals surface area contributed by atoms with Crippen molar-refractivity contribution in [3.05, 3.63) is 27.2 Å². The molecule has 1 aromatic rings. The van der Waals surface area contributed by atoms with Crippen LogP contribution in [0.2, 0.25) is 0 Å². The maximum Gasteiger partial charge on any atom is 0.313 e. The number of carboxylic acids is 1. The van der Waals surface area contributed by atoms with Crippen LogP contribution < -0.4 is 0 Å². The molecule has 1 fully saturated rings. The molecule has 114 valence electrons. The summed E-state index contributed by atoms with van der Waals surface area (Å²) in [6.45, 7) is 6.83. The lowest BCUT2D eigenvalue weighted by molar-refractivity contribution is -0.151. The Labute approximate surface area is 129 Å². The van der Waals surface area contributed by atoms with Gasteiger partial charge in [-0.1, -0.05) is 18.1 Å². The molecule has 1 aliphatic carbocycles. The molecule has 1 saturated carbocycles. The van der Waals surface area contributed by atoms with Crippen LogP contribution in [0.3, 0.4) is 0 Å². The minimum Gasteiger partial charge on any atom is -0.481 e. The summed E-state index contributed by atoms with van der Waals surface area (Å²) in [4.78, 5) is 19.8. The Bertz CT molecular complexity index is 587. The Balaban J connectivity index is 1.67. The largest absolute Gasteiger partial charge is 0.481 e. The second kappa shape index (κ2) is 5.54. The number of carboxylic acid groups (broad SMARTS) is 1. The first-order chi connectivity index (χ1) is 10.0. The molecule has 1 aliphatic heterocycles. The molecule has 0 aromatic carbocycles. The van der Waals surface area contributed by atoms with Crippen LogP contribution in [0.1, 0.15) is 41.3 Å². The zero-order valence-corrected chi connectivity index (χ0v) is 13.5. The molecule has 2 heterocycles. The lowest BCUT2D eigenvalue weighted by Crippen LogP contribution is -2.42. The number of hydrogen-bond donors (Lipinski definition) is 1. The highest BCUT2D eigenvalue weighted by molar-refractivity contribution is 7.11. The van der Waals surface area contributed by atoms with Gasteiger partial charge in [0.2, 0.25) is 0 Å². The van der Waals surface area contributed by atoms with Crippen LogP contribution in [0.4, 0.5) is 0 Å². The van der Waals surface area contributed by atoms with E-state index < -0.39 is 11.4 Å². The molecule has 0 amide bonds. The Hall–Kier alpha value is -1.20. The Morgan fingerprint density at radius 2 is 2.24 bits per heavy atom. The number of aryl methyl sites for hydroxylation is 2. The molecular weight excluding hydrogens is 284 g/mol. The van der Waals surface area contributed by atoms with Crippen molar-refractivity contribution in [1.29, 1.82) is 0 Å². The van der Waals surface area contributed by atoms with Gasteiger partial charge in [0.15, 0.2) is 0 Å². The monoisotopic (exact) mass is 306 g/mol. The van der Waals surface area contributed by atoms with E-state index in [1.807, 2.05) is 6.92 Å². The minimum atomic E-state index is -0.626. The Morgan fingerprint density at radius 3 is 2.67 bits per heavy atom. The number of rotatable bonds is 4. The molecule has 0 atom stereocenters. The summed E-state index contributed by atoms with van der Waals surface area (Å²) in [5, 5.41) is 10.6. The third-order valence-corrected chi connectivity index (χ3v) is 5.83. The van der Waals surface area contributed by atoms with Gasteiger partial charge in [-0.2, -0.15) is 0 Å². The number of hydrogen-bond acceptors (Lipinski definition) is 4. The topological polar surface area (TPSA) is 53.4 Å². The molecule has 1 N–H and O–H groups in total. The predicted molar refractivity (Wildman–Crippen MR) is 83.5 cm³/mol. The molecule has 0 spiro atoms. The second-order valence-corrected chi connectivity index (χ2v) is 7.60. The van der Waals surface area contributed by atoms with E-state index in [9.17, 15) is 9.90 Å². The van der Waals surface area contributed by atoms with Crippen LogP contribution in [-0.2, 0) is 11.3 Å². The van der Waals surface area contributed by atoms with Gasteiger partial charge in [-0.15, -0.1) is 11.3 Å². The van der Waals surface area contributed by atoms with E-state index in [0.717, 1.165) is 55.9 Å². The molecule has 0 unspecified atom stereocenters. The summed E-state index contributed by atoms with van der Waals surface area (Å²) >= 11 is 1.75. The number of thiazole rings is 1. The molecular formula is C16H22N2O2S. The van der Waals surface area contributed by atoms with E-state index in [4.69, 9.17) is 0 Å². The van der Waals surface area contributed by atoms with E-state index in [0.29, 0.717) is 0 Å². The number of nitrogens with zero attached hydrogens (tertiary/aromatic N) is 2. The summed E-state index contributed by atoms with van der Waals surface area (Å²) in [5.41, 5.74) is 1.80. The third kappa shape index (κ3) is 2.64. The molecule has 0 radical (unpaired) electrons. The van der Waals surface area contributed by atoms with Crippen molar-refractivity contribution in [2.75, 3.05) is 13.1 Å². The summed E-state index contributed by atoms with van der Waals surface area (Å²) in [7, 11) is 0. The van der Waals surface area contributed by atoms with Crippen LogP contribution >= 0.6 is 11.3 Å². The van der Waals surface area contributed by atoms with Crippen LogP contribution in [0.15, 0.2) is 11.6 Å². The van der Waals surface area contributed by atoms with Gasteiger partial charge in [0, 0.05) is 24.5 Å². The highest BCUT2D eigenvalue weighted by Gasteiger charge is 2.47. The van der Waals surface area contributed by atoms with Crippen LogP contribution in [0.25, 0.3) is 0 Å². The van der Waals surface area contributed by atoms with Crippen molar-refractivity contribution in [2.45, 2.75) is 46.1 Å². The Kier molecular flexibility index (Phi) is 3.88. The van der Waals surface area contributed by atoms with Crippen molar-refractivity contribution < 1.29 is 9.90 Å². The average molecular weight is 306 g/mol. The fourth-order valence-corrected chi connectivity index (χ4v) is 4.25. The number of carbonyl (C=O) groups is 1. The summed E-state index contributed by atoms with van der Waals surface area (Å²) in [6.07, 6.45) is 5.72. The maximum atomic E-state index is 11.6. The lowest BCUT2D eigenvalue weighted by atomic mass is 9.62. The van der Waals surface area contributed by atoms with E-state index in [1.165, 1.54) is 10.6 Å². The summed E-state index contributed by atoms with van der Waals surface area (Å²) < 4.78 is 0. The standard InChI is InChI=1S/C16H22N2O2S/c1-11-14(17-12(2)21-11)10-18-8-4-13(5-9-18)16(15(19)20)6-3-7-16/h4H,3,5-10H2,1-2H3,(H,19,20). The lowest BCUT2D eigenvalue weighted by Gasteiger charge is -2.42. The van der Waals surface area contributed by atoms with Crippen molar-refractivity contribution >= 4 is 17.3 Å². The fourth-order valence-electron chi connectivity index (χ4n) is 3.42. The van der Waals surface area contributed by atoms with Gasteiger partial charge < -0.3 is 5.11 Å². The van der Waals surface area contributed by atoms with Gasteiger partial charge in [-0.3, -0.25) is 9.69 Å². The zero-order chi connectivity index (χ0) is 15.0. The minimum absolute atomic E-state index is 0.529.